The Bertz CT molecular complexity index is 887. The molecule has 1 aromatic heterocycles. The minimum Gasteiger partial charge on any atom is -0.495 e. The highest BCUT2D eigenvalue weighted by Crippen LogP contribution is 2.30. The molecule has 130 valence electrons. The van der Waals surface area contributed by atoms with Gasteiger partial charge in [0.05, 0.1) is 24.2 Å². The van der Waals surface area contributed by atoms with Gasteiger partial charge in [0.2, 0.25) is 5.91 Å². The Kier molecular flexibility index (Phi) is 4.83. The zero-order valence-electron chi connectivity index (χ0n) is 14.2. The first kappa shape index (κ1) is 17.8. The van der Waals surface area contributed by atoms with Crippen LogP contribution in [0.2, 0.25) is 0 Å². The smallest absolute Gasteiger partial charge is 0.265 e. The number of amides is 1. The zero-order valence-corrected chi connectivity index (χ0v) is 15.0. The number of nitrogens with one attached hydrogen (secondary N) is 2. The number of nitrogens with zero attached hydrogens (tertiary/aromatic N) is 2. The van der Waals surface area contributed by atoms with E-state index < -0.39 is 10.0 Å². The molecule has 0 aliphatic carbocycles. The van der Waals surface area contributed by atoms with Crippen molar-refractivity contribution in [1.82, 2.24) is 9.78 Å². The minimum absolute atomic E-state index is 0.0262. The van der Waals surface area contributed by atoms with E-state index in [1.807, 2.05) is 0 Å². The molecule has 8 nitrogen and oxygen atoms in total. The van der Waals surface area contributed by atoms with Crippen molar-refractivity contribution in [3.8, 4) is 5.75 Å². The lowest BCUT2D eigenvalue weighted by Gasteiger charge is -2.13. The fraction of sp³-hybridized carbons (Fsp3) is 0.333. The number of hydrogen-bond donors (Lipinski definition) is 2. The van der Waals surface area contributed by atoms with Crippen LogP contribution < -0.4 is 14.8 Å². The second kappa shape index (κ2) is 6.52. The normalized spacial score (nSPS) is 11.2. The number of ether oxygens (including phenoxy) is 1. The first-order chi connectivity index (χ1) is 11.2. The molecule has 0 bridgehead atoms. The molecule has 1 aromatic carbocycles. The predicted octanol–water partition coefficient (Wildman–Crippen LogP) is 1.80. The summed E-state index contributed by atoms with van der Waals surface area (Å²) >= 11 is 0. The van der Waals surface area contributed by atoms with Gasteiger partial charge in [-0.3, -0.25) is 14.2 Å². The van der Waals surface area contributed by atoms with Gasteiger partial charge < -0.3 is 10.1 Å². The first-order valence-corrected chi connectivity index (χ1v) is 8.62. The van der Waals surface area contributed by atoms with Gasteiger partial charge in [0.15, 0.2) is 0 Å². The van der Waals surface area contributed by atoms with E-state index in [4.69, 9.17) is 4.74 Å². The second-order valence-corrected chi connectivity index (χ2v) is 6.97. The van der Waals surface area contributed by atoms with Gasteiger partial charge >= 0.3 is 0 Å². The first-order valence-electron chi connectivity index (χ1n) is 7.14. The van der Waals surface area contributed by atoms with E-state index in [9.17, 15) is 13.2 Å². The highest BCUT2D eigenvalue weighted by atomic mass is 32.2. The molecule has 0 saturated carbocycles. The van der Waals surface area contributed by atoms with Crippen LogP contribution in [0.25, 0.3) is 0 Å². The highest BCUT2D eigenvalue weighted by Gasteiger charge is 2.23. The molecule has 0 saturated heterocycles. The fourth-order valence-corrected chi connectivity index (χ4v) is 3.61. The van der Waals surface area contributed by atoms with Crippen molar-refractivity contribution in [3.63, 3.8) is 0 Å². The van der Waals surface area contributed by atoms with E-state index >= 15 is 0 Å². The largest absolute Gasteiger partial charge is 0.495 e. The Morgan fingerprint density at radius 1 is 1.29 bits per heavy atom. The number of methoxy groups -OCH3 is 1. The average Bonchev–Trinajstić information content (AvgIpc) is 2.72. The summed E-state index contributed by atoms with van der Waals surface area (Å²) in [5.74, 6) is -0.125. The second-order valence-electron chi connectivity index (χ2n) is 5.32. The number of rotatable bonds is 5. The van der Waals surface area contributed by atoms with Crippen LogP contribution in [0, 0.1) is 13.8 Å². The standard InChI is InChI=1S/C15H20N4O4S/c1-9-15(10(2)19(4)17-9)18-24(21,22)14-7-6-12(16-11(3)20)8-13(14)23-5/h6-8,18H,1-5H3,(H,16,20). The molecule has 0 aliphatic rings. The Morgan fingerprint density at radius 2 is 1.96 bits per heavy atom. The number of carbonyl (C=O) groups excluding carboxylic acids is 1. The number of aryl methyl sites for hydroxylation is 2. The lowest BCUT2D eigenvalue weighted by molar-refractivity contribution is -0.114. The SMILES string of the molecule is COc1cc(NC(C)=O)ccc1S(=O)(=O)Nc1c(C)nn(C)c1C. The zero-order chi connectivity index (χ0) is 18.1. The molecule has 0 aliphatic heterocycles. The molecular formula is C15H20N4O4S. The van der Waals surface area contributed by atoms with E-state index in [-0.39, 0.29) is 16.6 Å². The lowest BCUT2D eigenvalue weighted by atomic mass is 10.3. The molecule has 0 spiro atoms. The molecule has 0 fully saturated rings. The van der Waals surface area contributed by atoms with Crippen LogP contribution in [-0.4, -0.2) is 31.2 Å². The molecule has 0 unspecified atom stereocenters. The molecule has 2 aromatic rings. The summed E-state index contributed by atoms with van der Waals surface area (Å²) in [6.07, 6.45) is 0. The minimum atomic E-state index is -3.87. The number of sulfonamides is 1. The summed E-state index contributed by atoms with van der Waals surface area (Å²) in [5, 5.41) is 6.77. The van der Waals surface area contributed by atoms with Crippen molar-refractivity contribution in [1.29, 1.82) is 0 Å². The maximum atomic E-state index is 12.7. The average molecular weight is 352 g/mol. The molecule has 0 atom stereocenters. The van der Waals surface area contributed by atoms with Gasteiger partial charge in [-0.15, -0.1) is 0 Å². The van der Waals surface area contributed by atoms with Crippen LogP contribution in [-0.2, 0) is 21.9 Å². The molecule has 0 radical (unpaired) electrons. The van der Waals surface area contributed by atoms with Gasteiger partial charge in [0.25, 0.3) is 10.0 Å². The summed E-state index contributed by atoms with van der Waals surface area (Å²) < 4.78 is 34.7. The third-order valence-corrected chi connectivity index (χ3v) is 4.91. The highest BCUT2D eigenvalue weighted by molar-refractivity contribution is 7.92. The van der Waals surface area contributed by atoms with Gasteiger partial charge in [0.1, 0.15) is 10.6 Å². The number of carbonyl (C=O) groups is 1. The van der Waals surface area contributed by atoms with E-state index in [2.05, 4.69) is 15.1 Å². The Morgan fingerprint density at radius 3 is 2.46 bits per heavy atom. The predicted molar refractivity (Wildman–Crippen MR) is 90.8 cm³/mol. The van der Waals surface area contributed by atoms with E-state index in [0.717, 1.165) is 0 Å². The van der Waals surface area contributed by atoms with E-state index in [1.54, 1.807) is 25.6 Å². The quantitative estimate of drug-likeness (QED) is 0.854. The summed E-state index contributed by atoms with van der Waals surface area (Å²) in [4.78, 5) is 11.1. The van der Waals surface area contributed by atoms with Crippen molar-refractivity contribution in [3.05, 3.63) is 29.6 Å². The molecule has 2 rings (SSSR count). The Balaban J connectivity index is 2.43. The van der Waals surface area contributed by atoms with Crippen molar-refractivity contribution in [2.24, 2.45) is 7.05 Å². The van der Waals surface area contributed by atoms with Crippen LogP contribution >= 0.6 is 0 Å². The summed E-state index contributed by atoms with van der Waals surface area (Å²) in [7, 11) is -0.767. The summed E-state index contributed by atoms with van der Waals surface area (Å²) in [6, 6.07) is 4.34. The van der Waals surface area contributed by atoms with Gasteiger partial charge in [0, 0.05) is 25.7 Å². The maximum Gasteiger partial charge on any atom is 0.265 e. The van der Waals surface area contributed by atoms with Gasteiger partial charge in [-0.1, -0.05) is 0 Å². The molecule has 1 heterocycles. The lowest BCUT2D eigenvalue weighted by Crippen LogP contribution is -2.15. The van der Waals surface area contributed by atoms with Crippen molar-refractivity contribution >= 4 is 27.3 Å². The number of anilines is 2. The fourth-order valence-electron chi connectivity index (χ4n) is 2.28. The monoisotopic (exact) mass is 352 g/mol. The van der Waals surface area contributed by atoms with Crippen LogP contribution in [0.5, 0.6) is 5.75 Å². The van der Waals surface area contributed by atoms with Gasteiger partial charge in [-0.2, -0.15) is 5.10 Å². The summed E-state index contributed by atoms with van der Waals surface area (Å²) in [5.41, 5.74) is 2.16. The van der Waals surface area contributed by atoms with Crippen molar-refractivity contribution in [2.45, 2.75) is 25.7 Å². The van der Waals surface area contributed by atoms with Crippen LogP contribution in [0.4, 0.5) is 11.4 Å². The van der Waals surface area contributed by atoms with E-state index in [0.29, 0.717) is 22.8 Å². The Labute approximate surface area is 140 Å². The molecular weight excluding hydrogens is 332 g/mol. The van der Waals surface area contributed by atoms with E-state index in [1.165, 1.54) is 32.2 Å². The van der Waals surface area contributed by atoms with Gasteiger partial charge in [-0.25, -0.2) is 8.42 Å². The third kappa shape index (κ3) is 3.51. The maximum absolute atomic E-state index is 12.7. The third-order valence-electron chi connectivity index (χ3n) is 3.52. The number of benzene rings is 1. The van der Waals surface area contributed by atoms with Crippen LogP contribution in [0.1, 0.15) is 18.3 Å². The summed E-state index contributed by atoms with van der Waals surface area (Å²) in [6.45, 7) is 4.86. The van der Waals surface area contributed by atoms with Crippen LogP contribution in [0.15, 0.2) is 23.1 Å². The van der Waals surface area contributed by atoms with Crippen LogP contribution in [0.3, 0.4) is 0 Å². The number of hydrogen-bond acceptors (Lipinski definition) is 5. The number of aromatic nitrogens is 2. The van der Waals surface area contributed by atoms with Gasteiger partial charge in [-0.05, 0) is 26.0 Å². The molecule has 24 heavy (non-hydrogen) atoms. The van der Waals surface area contributed by atoms with Crippen molar-refractivity contribution < 1.29 is 17.9 Å². The topological polar surface area (TPSA) is 102 Å². The Hall–Kier alpha value is -2.55. The molecule has 9 heteroatoms. The van der Waals surface area contributed by atoms with Crippen molar-refractivity contribution in [2.75, 3.05) is 17.1 Å². The molecule has 1 amide bonds. The molecule has 2 N–H and O–H groups in total.